The Morgan fingerprint density at radius 1 is 1.46 bits per heavy atom. The molecule has 0 saturated carbocycles. The minimum atomic E-state index is -0.876. The van der Waals surface area contributed by atoms with Crippen LogP contribution in [0, 0.1) is 0 Å². The number of urea groups is 1. The summed E-state index contributed by atoms with van der Waals surface area (Å²) in [5.41, 5.74) is 1.75. The number of allylic oxidation sites excluding steroid dienone is 3. The van der Waals surface area contributed by atoms with Crippen LogP contribution in [-0.4, -0.2) is 48.4 Å². The molecule has 0 aliphatic carbocycles. The molecule has 3 amide bonds. The minimum Gasteiger partial charge on any atom is -0.457 e. The Morgan fingerprint density at radius 3 is 2.93 bits per heavy atom. The second kappa shape index (κ2) is 8.49. The molecule has 9 heteroatoms. The number of aliphatic hydroxyl groups excluding tert-OH is 1. The number of pyridine rings is 1. The van der Waals surface area contributed by atoms with E-state index in [9.17, 15) is 14.7 Å². The van der Waals surface area contributed by atoms with Gasteiger partial charge in [0.05, 0.1) is 18.8 Å². The number of carbonyl (C=O) groups excluding carboxylic acids is 2. The minimum absolute atomic E-state index is 0.0569. The topological polar surface area (TPSA) is 120 Å². The molecule has 2 aromatic heterocycles. The van der Waals surface area contributed by atoms with Crippen molar-refractivity contribution in [2.45, 2.75) is 13.0 Å². The van der Waals surface area contributed by atoms with E-state index in [2.05, 4.69) is 27.3 Å². The first-order valence-corrected chi connectivity index (χ1v) is 8.72. The van der Waals surface area contributed by atoms with Crippen LogP contribution >= 0.6 is 0 Å². The fraction of sp³-hybridized carbons (Fsp3) is 0.263. The lowest BCUT2D eigenvalue weighted by Crippen LogP contribution is -2.29. The van der Waals surface area contributed by atoms with Crippen LogP contribution in [0.4, 0.5) is 10.6 Å². The van der Waals surface area contributed by atoms with Gasteiger partial charge in [-0.3, -0.25) is 15.1 Å². The molecule has 0 aromatic carbocycles. The Hall–Kier alpha value is -3.46. The van der Waals surface area contributed by atoms with Gasteiger partial charge in [-0.1, -0.05) is 12.2 Å². The summed E-state index contributed by atoms with van der Waals surface area (Å²) in [6.07, 6.45) is 5.59. The standard InChI is InChI=1S/C19H21N5O4/c1-3-4-5-12(20-2)11-24(8-9-25)16-7-6-14-13(21-16)10-15(28-14)17-18(26)23-19(27)22-17/h3-7,10,17,25H,2,8-9,11H2,1H3,(H2,22,23,26,27)/b4-3-,12-5-. The van der Waals surface area contributed by atoms with Crippen molar-refractivity contribution in [3.05, 3.63) is 47.9 Å². The van der Waals surface area contributed by atoms with Crippen molar-refractivity contribution in [3.63, 3.8) is 0 Å². The Bertz CT molecular complexity index is 962. The monoisotopic (exact) mass is 383 g/mol. The van der Waals surface area contributed by atoms with E-state index in [-0.39, 0.29) is 6.61 Å². The zero-order valence-corrected chi connectivity index (χ0v) is 15.4. The highest BCUT2D eigenvalue weighted by molar-refractivity contribution is 6.04. The van der Waals surface area contributed by atoms with Crippen molar-refractivity contribution in [1.82, 2.24) is 15.6 Å². The fourth-order valence-corrected chi connectivity index (χ4v) is 2.82. The van der Waals surface area contributed by atoms with Crippen molar-refractivity contribution in [2.24, 2.45) is 4.99 Å². The number of carbonyl (C=O) groups is 2. The first-order valence-electron chi connectivity index (χ1n) is 8.72. The zero-order chi connectivity index (χ0) is 20.1. The second-order valence-corrected chi connectivity index (χ2v) is 6.08. The van der Waals surface area contributed by atoms with Gasteiger partial charge in [0, 0.05) is 12.6 Å². The number of aliphatic hydroxyl groups is 1. The smallest absolute Gasteiger partial charge is 0.322 e. The molecule has 9 nitrogen and oxygen atoms in total. The third-order valence-corrected chi connectivity index (χ3v) is 4.17. The molecular formula is C19H21N5O4. The summed E-state index contributed by atoms with van der Waals surface area (Å²) in [6, 6.07) is 3.68. The number of aliphatic imine (C=N–C) groups is 1. The maximum atomic E-state index is 11.8. The van der Waals surface area contributed by atoms with E-state index in [1.807, 2.05) is 30.1 Å². The molecular weight excluding hydrogens is 362 g/mol. The highest BCUT2D eigenvalue weighted by atomic mass is 16.3. The number of imide groups is 1. The van der Waals surface area contributed by atoms with Gasteiger partial charge in [0.25, 0.3) is 5.91 Å². The molecule has 1 fully saturated rings. The predicted molar refractivity (Wildman–Crippen MR) is 105 cm³/mol. The second-order valence-electron chi connectivity index (χ2n) is 6.08. The van der Waals surface area contributed by atoms with Crippen molar-refractivity contribution >= 4 is 35.6 Å². The highest BCUT2D eigenvalue weighted by Gasteiger charge is 2.33. The van der Waals surface area contributed by atoms with Gasteiger partial charge in [0.2, 0.25) is 0 Å². The number of furan rings is 1. The third-order valence-electron chi connectivity index (χ3n) is 4.17. The van der Waals surface area contributed by atoms with Crippen molar-refractivity contribution in [1.29, 1.82) is 0 Å². The van der Waals surface area contributed by atoms with Crippen molar-refractivity contribution in [2.75, 3.05) is 24.6 Å². The van der Waals surface area contributed by atoms with Crippen LogP contribution in [0.3, 0.4) is 0 Å². The normalized spacial score (nSPS) is 17.2. The van der Waals surface area contributed by atoms with E-state index in [0.29, 0.717) is 35.8 Å². The number of hydrogen-bond donors (Lipinski definition) is 3. The number of nitrogens with zero attached hydrogens (tertiary/aromatic N) is 3. The number of hydrogen-bond acceptors (Lipinski definition) is 7. The van der Waals surface area contributed by atoms with Crippen molar-refractivity contribution < 1.29 is 19.1 Å². The summed E-state index contributed by atoms with van der Waals surface area (Å²) in [5.74, 6) is 0.448. The number of anilines is 1. The SMILES string of the molecule is C=N/C(=C\C=C/C)CN(CCO)c1ccc2oc(C3NC(=O)NC3=O)cc2n1. The molecule has 28 heavy (non-hydrogen) atoms. The summed E-state index contributed by atoms with van der Waals surface area (Å²) < 4.78 is 5.67. The van der Waals surface area contributed by atoms with Gasteiger partial charge < -0.3 is 19.7 Å². The van der Waals surface area contributed by atoms with Gasteiger partial charge in [-0.25, -0.2) is 9.78 Å². The first kappa shape index (κ1) is 19.3. The van der Waals surface area contributed by atoms with E-state index in [4.69, 9.17) is 4.42 Å². The highest BCUT2D eigenvalue weighted by Crippen LogP contribution is 2.27. The third kappa shape index (κ3) is 4.09. The summed E-state index contributed by atoms with van der Waals surface area (Å²) in [4.78, 5) is 33.6. The van der Waals surface area contributed by atoms with Crippen LogP contribution in [0.1, 0.15) is 18.7 Å². The summed E-state index contributed by atoms with van der Waals surface area (Å²) in [6.45, 7) is 6.20. The van der Waals surface area contributed by atoms with Gasteiger partial charge in [-0.15, -0.1) is 0 Å². The van der Waals surface area contributed by atoms with Gasteiger partial charge in [-0.05, 0) is 31.9 Å². The van der Waals surface area contributed by atoms with E-state index < -0.39 is 18.0 Å². The van der Waals surface area contributed by atoms with Gasteiger partial charge in [0.15, 0.2) is 11.6 Å². The van der Waals surface area contributed by atoms with Crippen LogP contribution < -0.4 is 15.5 Å². The number of aromatic nitrogens is 1. The van der Waals surface area contributed by atoms with E-state index in [0.717, 1.165) is 5.70 Å². The van der Waals surface area contributed by atoms with E-state index >= 15 is 0 Å². The molecule has 3 rings (SSSR count). The molecule has 2 aromatic rings. The fourth-order valence-electron chi connectivity index (χ4n) is 2.82. The zero-order valence-electron chi connectivity index (χ0n) is 15.4. The molecule has 1 aliphatic rings. The summed E-state index contributed by atoms with van der Waals surface area (Å²) in [5, 5.41) is 14.1. The van der Waals surface area contributed by atoms with Gasteiger partial charge in [0.1, 0.15) is 17.1 Å². The Balaban J connectivity index is 1.89. The lowest BCUT2D eigenvalue weighted by atomic mass is 10.2. The molecule has 1 unspecified atom stereocenters. The molecule has 0 spiro atoms. The molecule has 0 bridgehead atoms. The lowest BCUT2D eigenvalue weighted by molar-refractivity contribution is -0.120. The molecule has 1 aliphatic heterocycles. The maximum Gasteiger partial charge on any atom is 0.322 e. The van der Waals surface area contributed by atoms with Gasteiger partial charge >= 0.3 is 6.03 Å². The van der Waals surface area contributed by atoms with Crippen LogP contribution in [0.25, 0.3) is 11.1 Å². The molecule has 3 heterocycles. The Morgan fingerprint density at radius 2 is 2.29 bits per heavy atom. The molecule has 0 radical (unpaired) electrons. The number of amides is 3. The predicted octanol–water partition coefficient (Wildman–Crippen LogP) is 1.67. The van der Waals surface area contributed by atoms with Crippen LogP contribution in [-0.2, 0) is 4.79 Å². The molecule has 146 valence electrons. The number of fused-ring (bicyclic) bond motifs is 1. The van der Waals surface area contributed by atoms with Crippen LogP contribution in [0.2, 0.25) is 0 Å². The number of nitrogens with one attached hydrogen (secondary N) is 2. The first-order chi connectivity index (χ1) is 13.5. The lowest BCUT2D eigenvalue weighted by Gasteiger charge is -2.22. The molecule has 3 N–H and O–H groups in total. The molecule has 1 atom stereocenters. The van der Waals surface area contributed by atoms with Gasteiger partial charge in [-0.2, -0.15) is 0 Å². The van der Waals surface area contributed by atoms with Crippen molar-refractivity contribution in [3.8, 4) is 0 Å². The number of rotatable bonds is 8. The van der Waals surface area contributed by atoms with E-state index in [1.165, 1.54) is 0 Å². The summed E-state index contributed by atoms with van der Waals surface area (Å²) >= 11 is 0. The van der Waals surface area contributed by atoms with Crippen LogP contribution in [0.15, 0.2) is 51.5 Å². The average molecular weight is 383 g/mol. The average Bonchev–Trinajstić information content (AvgIpc) is 3.25. The van der Waals surface area contributed by atoms with Crippen LogP contribution in [0.5, 0.6) is 0 Å². The molecule has 1 saturated heterocycles. The Kier molecular flexibility index (Phi) is 5.85. The van der Waals surface area contributed by atoms with E-state index in [1.54, 1.807) is 18.2 Å². The largest absolute Gasteiger partial charge is 0.457 e. The maximum absolute atomic E-state index is 11.8. The summed E-state index contributed by atoms with van der Waals surface area (Å²) in [7, 11) is 0. The quantitative estimate of drug-likeness (QED) is 0.362. The Labute approximate surface area is 161 Å².